The Hall–Kier alpha value is -1.22. The molecule has 1 rings (SSSR count). The van der Waals surface area contributed by atoms with Crippen molar-refractivity contribution in [3.8, 4) is 0 Å². The zero-order valence-electron chi connectivity index (χ0n) is 10.4. The number of hydrogen-bond donors (Lipinski definition) is 1. The van der Waals surface area contributed by atoms with Crippen molar-refractivity contribution in [2.75, 3.05) is 11.4 Å². The zero-order chi connectivity index (χ0) is 13.0. The predicted molar refractivity (Wildman–Crippen MR) is 70.9 cm³/mol. The van der Waals surface area contributed by atoms with Crippen LogP contribution in [0.4, 0.5) is 5.69 Å². The lowest BCUT2D eigenvalue weighted by Gasteiger charge is -2.30. The molecule has 0 aliphatic carbocycles. The average Bonchev–Trinajstić information content (AvgIpc) is 2.22. The van der Waals surface area contributed by atoms with Crippen LogP contribution >= 0.6 is 11.6 Å². The van der Waals surface area contributed by atoms with E-state index in [-0.39, 0.29) is 12.5 Å². The van der Waals surface area contributed by atoms with Crippen molar-refractivity contribution >= 4 is 23.3 Å². The smallest absolute Gasteiger partial charge is 0.305 e. The zero-order valence-corrected chi connectivity index (χ0v) is 11.2. The molecule has 1 aromatic rings. The third-order valence-corrected chi connectivity index (χ3v) is 2.91. The number of rotatable bonds is 5. The number of aryl methyl sites for hydroxylation is 1. The molecule has 1 N–H and O–H groups in total. The number of carboxylic acids is 1. The van der Waals surface area contributed by atoms with Crippen molar-refractivity contribution in [3.05, 3.63) is 28.8 Å². The highest BCUT2D eigenvalue weighted by Crippen LogP contribution is 2.26. The molecule has 0 saturated carbocycles. The Morgan fingerprint density at radius 3 is 2.65 bits per heavy atom. The first-order valence-electron chi connectivity index (χ1n) is 5.66. The summed E-state index contributed by atoms with van der Waals surface area (Å²) >= 11 is 5.99. The number of nitrogens with zero attached hydrogens (tertiary/aromatic N) is 1. The topological polar surface area (TPSA) is 40.5 Å². The molecule has 0 unspecified atom stereocenters. The third-order valence-electron chi connectivity index (χ3n) is 2.67. The van der Waals surface area contributed by atoms with Crippen molar-refractivity contribution < 1.29 is 9.90 Å². The van der Waals surface area contributed by atoms with E-state index in [1.807, 2.05) is 39.0 Å². The standard InChI is InChI=1S/C13H18ClNO2/c1-9(2)15(7-6-13(16)17)12-8-11(14)5-4-10(12)3/h4-5,8-9H,6-7H2,1-3H3,(H,16,17). The van der Waals surface area contributed by atoms with E-state index in [4.69, 9.17) is 16.7 Å². The molecule has 4 heteroatoms. The Morgan fingerprint density at radius 1 is 1.47 bits per heavy atom. The summed E-state index contributed by atoms with van der Waals surface area (Å²) in [6, 6.07) is 5.93. The molecule has 0 atom stereocenters. The number of benzene rings is 1. The number of hydrogen-bond acceptors (Lipinski definition) is 2. The SMILES string of the molecule is Cc1ccc(Cl)cc1N(CCC(=O)O)C(C)C. The van der Waals surface area contributed by atoms with Crippen molar-refractivity contribution in [3.63, 3.8) is 0 Å². The third kappa shape index (κ3) is 3.93. The molecule has 1 aromatic carbocycles. The number of aliphatic carboxylic acids is 1. The summed E-state index contributed by atoms with van der Waals surface area (Å²) in [7, 11) is 0. The fourth-order valence-electron chi connectivity index (χ4n) is 1.76. The van der Waals surface area contributed by atoms with Crippen LogP contribution < -0.4 is 4.90 Å². The lowest BCUT2D eigenvalue weighted by molar-refractivity contribution is -0.136. The minimum absolute atomic E-state index is 0.129. The van der Waals surface area contributed by atoms with Crippen LogP contribution in [-0.4, -0.2) is 23.7 Å². The van der Waals surface area contributed by atoms with Crippen LogP contribution in [0.15, 0.2) is 18.2 Å². The molecule has 0 spiro atoms. The lowest BCUT2D eigenvalue weighted by Crippen LogP contribution is -2.33. The molecule has 0 amide bonds. The van der Waals surface area contributed by atoms with E-state index in [0.717, 1.165) is 11.3 Å². The highest BCUT2D eigenvalue weighted by molar-refractivity contribution is 6.30. The second-order valence-corrected chi connectivity index (χ2v) is 4.80. The van der Waals surface area contributed by atoms with Crippen LogP contribution in [0.5, 0.6) is 0 Å². The van der Waals surface area contributed by atoms with Gasteiger partial charge in [-0.25, -0.2) is 0 Å². The Labute approximate surface area is 107 Å². The summed E-state index contributed by atoms with van der Waals surface area (Å²) in [6.07, 6.45) is 0.129. The van der Waals surface area contributed by atoms with Crippen LogP contribution in [0.3, 0.4) is 0 Å². The van der Waals surface area contributed by atoms with Gasteiger partial charge in [-0.05, 0) is 38.5 Å². The summed E-state index contributed by atoms with van der Waals surface area (Å²) in [6.45, 7) is 6.58. The van der Waals surface area contributed by atoms with Crippen molar-refractivity contribution in [1.82, 2.24) is 0 Å². The lowest BCUT2D eigenvalue weighted by atomic mass is 10.1. The van der Waals surface area contributed by atoms with Gasteiger partial charge in [0.05, 0.1) is 6.42 Å². The highest BCUT2D eigenvalue weighted by Gasteiger charge is 2.14. The molecule has 3 nitrogen and oxygen atoms in total. The monoisotopic (exact) mass is 255 g/mol. The second-order valence-electron chi connectivity index (χ2n) is 4.36. The maximum atomic E-state index is 10.7. The number of anilines is 1. The molecule has 0 bridgehead atoms. The maximum Gasteiger partial charge on any atom is 0.305 e. The molecule has 0 aliphatic rings. The number of carboxylic acid groups (broad SMARTS) is 1. The highest BCUT2D eigenvalue weighted by atomic mass is 35.5. The van der Waals surface area contributed by atoms with Crippen LogP contribution in [0.2, 0.25) is 5.02 Å². The molecule has 0 aromatic heterocycles. The summed E-state index contributed by atoms with van der Waals surface area (Å²) in [5.41, 5.74) is 2.11. The normalized spacial score (nSPS) is 10.6. The largest absolute Gasteiger partial charge is 0.481 e. The van der Waals surface area contributed by atoms with E-state index in [0.29, 0.717) is 11.6 Å². The summed E-state index contributed by atoms with van der Waals surface area (Å²) in [4.78, 5) is 12.7. The van der Waals surface area contributed by atoms with Crippen LogP contribution in [0, 0.1) is 6.92 Å². The van der Waals surface area contributed by atoms with Crippen LogP contribution in [0.1, 0.15) is 25.8 Å². The molecule has 0 aliphatic heterocycles. The molecule has 17 heavy (non-hydrogen) atoms. The van der Waals surface area contributed by atoms with Gasteiger partial charge in [0.1, 0.15) is 0 Å². The van der Waals surface area contributed by atoms with E-state index in [1.54, 1.807) is 0 Å². The first-order chi connectivity index (χ1) is 7.91. The second kappa shape index (κ2) is 5.92. The predicted octanol–water partition coefficient (Wildman–Crippen LogP) is 3.34. The van der Waals surface area contributed by atoms with Gasteiger partial charge in [0.2, 0.25) is 0 Å². The van der Waals surface area contributed by atoms with E-state index in [2.05, 4.69) is 4.90 Å². The Balaban J connectivity index is 2.96. The van der Waals surface area contributed by atoms with Gasteiger partial charge in [-0.3, -0.25) is 4.79 Å². The number of carbonyl (C=O) groups is 1. The number of halogens is 1. The molecule has 0 heterocycles. The molecule has 0 radical (unpaired) electrons. The van der Waals surface area contributed by atoms with E-state index in [9.17, 15) is 4.79 Å². The van der Waals surface area contributed by atoms with E-state index in [1.165, 1.54) is 0 Å². The Kier molecular flexibility index (Phi) is 4.82. The molecular formula is C13H18ClNO2. The summed E-state index contributed by atoms with van der Waals surface area (Å²) in [5, 5.41) is 9.43. The Morgan fingerprint density at radius 2 is 2.12 bits per heavy atom. The quantitative estimate of drug-likeness (QED) is 0.877. The first kappa shape index (κ1) is 13.8. The van der Waals surface area contributed by atoms with Crippen molar-refractivity contribution in [1.29, 1.82) is 0 Å². The minimum atomic E-state index is -0.782. The molecular weight excluding hydrogens is 238 g/mol. The van der Waals surface area contributed by atoms with Crippen molar-refractivity contribution in [2.45, 2.75) is 33.2 Å². The molecule has 94 valence electrons. The van der Waals surface area contributed by atoms with Gasteiger partial charge in [0.15, 0.2) is 0 Å². The van der Waals surface area contributed by atoms with E-state index < -0.39 is 5.97 Å². The van der Waals surface area contributed by atoms with Gasteiger partial charge in [0, 0.05) is 23.3 Å². The van der Waals surface area contributed by atoms with Gasteiger partial charge in [-0.2, -0.15) is 0 Å². The molecule has 0 fully saturated rings. The van der Waals surface area contributed by atoms with Crippen LogP contribution in [0.25, 0.3) is 0 Å². The summed E-state index contributed by atoms with van der Waals surface area (Å²) < 4.78 is 0. The first-order valence-corrected chi connectivity index (χ1v) is 6.04. The van der Waals surface area contributed by atoms with Gasteiger partial charge in [-0.1, -0.05) is 17.7 Å². The van der Waals surface area contributed by atoms with Gasteiger partial charge >= 0.3 is 5.97 Å². The fraction of sp³-hybridized carbons (Fsp3) is 0.462. The summed E-state index contributed by atoms with van der Waals surface area (Å²) in [5.74, 6) is -0.782. The molecule has 0 saturated heterocycles. The van der Waals surface area contributed by atoms with Gasteiger partial charge < -0.3 is 10.0 Å². The van der Waals surface area contributed by atoms with Gasteiger partial charge in [0.25, 0.3) is 0 Å². The van der Waals surface area contributed by atoms with Crippen LogP contribution in [-0.2, 0) is 4.79 Å². The average molecular weight is 256 g/mol. The fourth-order valence-corrected chi connectivity index (χ4v) is 1.93. The maximum absolute atomic E-state index is 10.7. The van der Waals surface area contributed by atoms with Gasteiger partial charge in [-0.15, -0.1) is 0 Å². The minimum Gasteiger partial charge on any atom is -0.481 e. The Bertz CT molecular complexity index is 404. The van der Waals surface area contributed by atoms with Crippen molar-refractivity contribution in [2.24, 2.45) is 0 Å². The van der Waals surface area contributed by atoms with E-state index >= 15 is 0 Å².